The van der Waals surface area contributed by atoms with Crippen LogP contribution in [0.3, 0.4) is 0 Å². The van der Waals surface area contributed by atoms with Gasteiger partial charge in [-0.15, -0.1) is 0 Å². The maximum atomic E-state index is 6.30. The van der Waals surface area contributed by atoms with E-state index in [1.807, 2.05) is 0 Å². The molecule has 1 fully saturated rings. The normalized spacial score (nSPS) is 18.2. The molecule has 2 N–H and O–H groups in total. The summed E-state index contributed by atoms with van der Waals surface area (Å²) in [5, 5.41) is 0. The predicted molar refractivity (Wildman–Crippen MR) is 78.8 cm³/mol. The van der Waals surface area contributed by atoms with Crippen molar-refractivity contribution < 1.29 is 0 Å². The minimum absolute atomic E-state index is 0.339. The maximum Gasteiger partial charge on any atom is 0.00795 e. The van der Waals surface area contributed by atoms with Crippen molar-refractivity contribution in [3.05, 3.63) is 34.9 Å². The molecule has 1 aromatic rings. The highest BCUT2D eigenvalue weighted by molar-refractivity contribution is 5.31. The highest BCUT2D eigenvalue weighted by Gasteiger charge is 2.16. The number of rotatable bonds is 5. The Labute approximate surface area is 112 Å². The van der Waals surface area contributed by atoms with Gasteiger partial charge in [0.2, 0.25) is 0 Å². The van der Waals surface area contributed by atoms with Crippen LogP contribution in [-0.2, 0) is 6.42 Å². The Morgan fingerprint density at radius 2 is 1.94 bits per heavy atom. The summed E-state index contributed by atoms with van der Waals surface area (Å²) >= 11 is 0. The van der Waals surface area contributed by atoms with Gasteiger partial charge in [-0.25, -0.2) is 0 Å². The molecule has 18 heavy (non-hydrogen) atoms. The Kier molecular flexibility index (Phi) is 4.82. The lowest BCUT2D eigenvalue weighted by Crippen LogP contribution is -2.24. The molecule has 0 aromatic heterocycles. The molecular weight excluding hydrogens is 218 g/mol. The molecule has 0 amide bonds. The molecule has 0 bridgehead atoms. The second-order valence-electron chi connectivity index (χ2n) is 6.12. The molecule has 1 nitrogen and oxygen atoms in total. The molecule has 0 spiro atoms. The van der Waals surface area contributed by atoms with Crippen LogP contribution in [0.25, 0.3) is 0 Å². The molecule has 1 aromatic carbocycles. The van der Waals surface area contributed by atoms with Crippen molar-refractivity contribution in [3.8, 4) is 0 Å². The molecule has 0 radical (unpaired) electrons. The van der Waals surface area contributed by atoms with Crippen LogP contribution >= 0.6 is 0 Å². The first-order chi connectivity index (χ1) is 8.65. The Morgan fingerprint density at radius 1 is 1.22 bits per heavy atom. The van der Waals surface area contributed by atoms with Gasteiger partial charge in [-0.1, -0.05) is 49.4 Å². The molecule has 100 valence electrons. The monoisotopic (exact) mass is 245 g/mol. The van der Waals surface area contributed by atoms with Crippen molar-refractivity contribution >= 4 is 0 Å². The second-order valence-corrected chi connectivity index (χ2v) is 6.12. The van der Waals surface area contributed by atoms with Crippen LogP contribution in [0.5, 0.6) is 0 Å². The Bertz CT molecular complexity index is 377. The topological polar surface area (TPSA) is 26.0 Å². The maximum absolute atomic E-state index is 6.30. The van der Waals surface area contributed by atoms with Gasteiger partial charge in [0.05, 0.1) is 0 Å². The van der Waals surface area contributed by atoms with Crippen molar-refractivity contribution in [2.24, 2.45) is 11.7 Å². The van der Waals surface area contributed by atoms with Crippen LogP contribution in [0.1, 0.15) is 55.2 Å². The summed E-state index contributed by atoms with van der Waals surface area (Å²) in [7, 11) is 0. The average Bonchev–Trinajstić information content (AvgIpc) is 2.84. The minimum Gasteiger partial charge on any atom is -0.327 e. The fourth-order valence-electron chi connectivity index (χ4n) is 3.15. The van der Waals surface area contributed by atoms with Crippen LogP contribution in [-0.4, -0.2) is 6.04 Å². The third kappa shape index (κ3) is 3.84. The first-order valence-electron chi connectivity index (χ1n) is 7.47. The number of nitrogens with two attached hydrogens (primary N) is 1. The molecule has 0 saturated heterocycles. The summed E-state index contributed by atoms with van der Waals surface area (Å²) in [5.41, 5.74) is 10.5. The van der Waals surface area contributed by atoms with Crippen molar-refractivity contribution in [2.45, 2.75) is 64.8 Å². The van der Waals surface area contributed by atoms with Gasteiger partial charge in [-0.05, 0) is 50.2 Å². The van der Waals surface area contributed by atoms with Crippen LogP contribution < -0.4 is 5.73 Å². The van der Waals surface area contributed by atoms with Gasteiger partial charge >= 0.3 is 0 Å². The number of aryl methyl sites for hydroxylation is 2. The zero-order chi connectivity index (χ0) is 13.0. The van der Waals surface area contributed by atoms with Crippen molar-refractivity contribution in [3.63, 3.8) is 0 Å². The highest BCUT2D eigenvalue weighted by Crippen LogP contribution is 2.29. The summed E-state index contributed by atoms with van der Waals surface area (Å²) in [4.78, 5) is 0. The number of hydrogen-bond donors (Lipinski definition) is 1. The minimum atomic E-state index is 0.339. The van der Waals surface area contributed by atoms with Gasteiger partial charge in [0, 0.05) is 6.04 Å². The van der Waals surface area contributed by atoms with E-state index in [0.29, 0.717) is 6.04 Å². The largest absolute Gasteiger partial charge is 0.327 e. The molecule has 1 heteroatoms. The molecule has 1 unspecified atom stereocenters. The number of hydrogen-bond acceptors (Lipinski definition) is 1. The van der Waals surface area contributed by atoms with Gasteiger partial charge < -0.3 is 5.73 Å². The average molecular weight is 245 g/mol. The Balaban J connectivity index is 1.82. The summed E-state index contributed by atoms with van der Waals surface area (Å²) in [6.07, 6.45) is 9.34. The second kappa shape index (κ2) is 6.38. The molecule has 1 aliphatic rings. The highest BCUT2D eigenvalue weighted by atomic mass is 14.6. The molecular formula is C17H27N. The van der Waals surface area contributed by atoms with E-state index < -0.39 is 0 Å². The van der Waals surface area contributed by atoms with Crippen LogP contribution in [0.4, 0.5) is 0 Å². The third-order valence-corrected chi connectivity index (χ3v) is 4.41. The molecule has 1 atom stereocenters. The fraction of sp³-hybridized carbons (Fsp3) is 0.647. The lowest BCUT2D eigenvalue weighted by atomic mass is 9.93. The zero-order valence-corrected chi connectivity index (χ0v) is 11.9. The van der Waals surface area contributed by atoms with E-state index in [2.05, 4.69) is 32.0 Å². The summed E-state index contributed by atoms with van der Waals surface area (Å²) in [6, 6.07) is 7.04. The Morgan fingerprint density at radius 3 is 2.67 bits per heavy atom. The lowest BCUT2D eigenvalue weighted by molar-refractivity contribution is 0.447. The molecule has 1 aliphatic carbocycles. The van der Waals surface area contributed by atoms with E-state index in [9.17, 15) is 0 Å². The molecule has 0 heterocycles. The van der Waals surface area contributed by atoms with Crippen LogP contribution in [0.2, 0.25) is 0 Å². The number of benzene rings is 1. The van der Waals surface area contributed by atoms with E-state index in [-0.39, 0.29) is 0 Å². The SMILES string of the molecule is Cc1ccc(C)c(CC(N)CCC2CCCC2)c1. The van der Waals surface area contributed by atoms with E-state index >= 15 is 0 Å². The molecule has 0 aliphatic heterocycles. The first-order valence-corrected chi connectivity index (χ1v) is 7.47. The smallest absolute Gasteiger partial charge is 0.00795 e. The van der Waals surface area contributed by atoms with E-state index in [0.717, 1.165) is 12.3 Å². The van der Waals surface area contributed by atoms with Crippen molar-refractivity contribution in [1.29, 1.82) is 0 Å². The first kappa shape index (κ1) is 13.6. The lowest BCUT2D eigenvalue weighted by Gasteiger charge is -2.16. The summed E-state index contributed by atoms with van der Waals surface area (Å²) < 4.78 is 0. The summed E-state index contributed by atoms with van der Waals surface area (Å²) in [6.45, 7) is 4.35. The van der Waals surface area contributed by atoms with Gasteiger partial charge in [0.15, 0.2) is 0 Å². The van der Waals surface area contributed by atoms with E-state index in [1.165, 1.54) is 55.2 Å². The van der Waals surface area contributed by atoms with Gasteiger partial charge in [0.1, 0.15) is 0 Å². The van der Waals surface area contributed by atoms with Crippen molar-refractivity contribution in [2.75, 3.05) is 0 Å². The van der Waals surface area contributed by atoms with Gasteiger partial charge in [0.25, 0.3) is 0 Å². The summed E-state index contributed by atoms with van der Waals surface area (Å²) in [5.74, 6) is 0.967. The quantitative estimate of drug-likeness (QED) is 0.829. The zero-order valence-electron chi connectivity index (χ0n) is 11.9. The Hall–Kier alpha value is -0.820. The predicted octanol–water partition coefficient (Wildman–Crippen LogP) is 4.14. The third-order valence-electron chi connectivity index (χ3n) is 4.41. The fourth-order valence-corrected chi connectivity index (χ4v) is 3.15. The van der Waals surface area contributed by atoms with E-state index in [1.54, 1.807) is 0 Å². The van der Waals surface area contributed by atoms with Crippen LogP contribution in [0.15, 0.2) is 18.2 Å². The standard InChI is InChI=1S/C17H27N/c1-13-7-8-14(2)16(11-13)12-17(18)10-9-15-5-3-4-6-15/h7-8,11,15,17H,3-6,9-10,12,18H2,1-2H3. The molecule has 2 rings (SSSR count). The van der Waals surface area contributed by atoms with Crippen molar-refractivity contribution in [1.82, 2.24) is 0 Å². The van der Waals surface area contributed by atoms with Crippen LogP contribution in [0, 0.1) is 19.8 Å². The molecule has 1 saturated carbocycles. The van der Waals surface area contributed by atoms with Gasteiger partial charge in [-0.2, -0.15) is 0 Å². The van der Waals surface area contributed by atoms with Gasteiger partial charge in [-0.3, -0.25) is 0 Å². The van der Waals surface area contributed by atoms with E-state index in [4.69, 9.17) is 5.73 Å².